The van der Waals surface area contributed by atoms with Gasteiger partial charge in [0, 0.05) is 5.92 Å². The van der Waals surface area contributed by atoms with Crippen LogP contribution in [0.2, 0.25) is 0 Å². The van der Waals surface area contributed by atoms with E-state index in [0.29, 0.717) is 5.78 Å². The summed E-state index contributed by atoms with van der Waals surface area (Å²) in [5, 5.41) is 0. The van der Waals surface area contributed by atoms with Crippen molar-refractivity contribution >= 4 is 5.78 Å². The Morgan fingerprint density at radius 3 is 2.27 bits per heavy atom. The molecule has 0 heterocycles. The number of allylic oxidation sites excluding steroid dienone is 2. The first-order valence-corrected chi connectivity index (χ1v) is 4.22. The van der Waals surface area contributed by atoms with Gasteiger partial charge in [0.25, 0.3) is 0 Å². The lowest BCUT2D eigenvalue weighted by Crippen LogP contribution is -2.24. The minimum Gasteiger partial charge on any atom is -0.295 e. The first-order valence-electron chi connectivity index (χ1n) is 4.22. The van der Waals surface area contributed by atoms with Crippen LogP contribution in [0.25, 0.3) is 0 Å². The average molecular weight is 152 g/mol. The van der Waals surface area contributed by atoms with E-state index < -0.39 is 0 Å². The van der Waals surface area contributed by atoms with E-state index in [1.807, 2.05) is 6.92 Å². The first kappa shape index (κ1) is 8.51. The summed E-state index contributed by atoms with van der Waals surface area (Å²) in [4.78, 5) is 11.4. The fourth-order valence-electron chi connectivity index (χ4n) is 1.84. The summed E-state index contributed by atoms with van der Waals surface area (Å²) in [6, 6.07) is 0. The third-order valence-corrected chi connectivity index (χ3v) is 3.00. The highest BCUT2D eigenvalue weighted by molar-refractivity contribution is 5.96. The molecule has 0 N–H and O–H groups in total. The van der Waals surface area contributed by atoms with Crippen molar-refractivity contribution in [2.24, 2.45) is 11.3 Å². The zero-order chi connectivity index (χ0) is 8.65. The molecule has 1 aliphatic rings. The fourth-order valence-corrected chi connectivity index (χ4v) is 1.84. The predicted molar refractivity (Wildman–Crippen MR) is 46.3 cm³/mol. The molecule has 1 unspecified atom stereocenters. The molecule has 62 valence electrons. The Kier molecular flexibility index (Phi) is 1.91. The first-order chi connectivity index (χ1) is 5.00. The molecule has 1 heteroatoms. The zero-order valence-electron chi connectivity index (χ0n) is 7.77. The van der Waals surface area contributed by atoms with E-state index in [1.54, 1.807) is 6.08 Å². The second kappa shape index (κ2) is 2.47. The monoisotopic (exact) mass is 152 g/mol. The second-order valence-electron chi connectivity index (χ2n) is 3.91. The van der Waals surface area contributed by atoms with Gasteiger partial charge in [-0.1, -0.05) is 26.3 Å². The van der Waals surface area contributed by atoms with Gasteiger partial charge in [-0.25, -0.2) is 0 Å². The van der Waals surface area contributed by atoms with Gasteiger partial charge in [-0.05, 0) is 24.8 Å². The van der Waals surface area contributed by atoms with Gasteiger partial charge in [0.1, 0.15) is 0 Å². The van der Waals surface area contributed by atoms with Crippen LogP contribution in [0.4, 0.5) is 0 Å². The van der Waals surface area contributed by atoms with Crippen molar-refractivity contribution in [2.45, 2.75) is 34.1 Å². The van der Waals surface area contributed by atoms with Crippen LogP contribution in [0.5, 0.6) is 0 Å². The van der Waals surface area contributed by atoms with Gasteiger partial charge in [0.15, 0.2) is 5.78 Å². The van der Waals surface area contributed by atoms with Crippen molar-refractivity contribution in [1.29, 1.82) is 0 Å². The molecule has 0 fully saturated rings. The highest BCUT2D eigenvalue weighted by Gasteiger charge is 2.39. The molecule has 0 aromatic rings. The third kappa shape index (κ3) is 1.13. The molecule has 0 bridgehead atoms. The lowest BCUT2D eigenvalue weighted by molar-refractivity contribution is -0.119. The van der Waals surface area contributed by atoms with Crippen LogP contribution in [-0.4, -0.2) is 5.78 Å². The fraction of sp³-hybridized carbons (Fsp3) is 0.700. The van der Waals surface area contributed by atoms with Crippen molar-refractivity contribution in [3.63, 3.8) is 0 Å². The Balaban J connectivity index is 2.96. The Morgan fingerprint density at radius 1 is 1.55 bits per heavy atom. The zero-order valence-corrected chi connectivity index (χ0v) is 7.77. The van der Waals surface area contributed by atoms with E-state index in [1.165, 1.54) is 5.57 Å². The summed E-state index contributed by atoms with van der Waals surface area (Å²) in [7, 11) is 0. The molecule has 0 radical (unpaired) electrons. The number of hydrogen-bond acceptors (Lipinski definition) is 1. The summed E-state index contributed by atoms with van der Waals surface area (Å²) in [5.41, 5.74) is 1.33. The van der Waals surface area contributed by atoms with Gasteiger partial charge in [0.2, 0.25) is 0 Å². The van der Waals surface area contributed by atoms with Crippen LogP contribution in [0.15, 0.2) is 11.6 Å². The lowest BCUT2D eigenvalue weighted by atomic mass is 9.76. The van der Waals surface area contributed by atoms with Crippen molar-refractivity contribution in [3.8, 4) is 0 Å². The normalized spacial score (nSPS) is 28.9. The van der Waals surface area contributed by atoms with Crippen molar-refractivity contribution < 1.29 is 4.79 Å². The molecule has 0 saturated carbocycles. The molecule has 0 aromatic heterocycles. The number of ketones is 1. The van der Waals surface area contributed by atoms with Crippen molar-refractivity contribution in [1.82, 2.24) is 0 Å². The minimum absolute atomic E-state index is 0.103. The van der Waals surface area contributed by atoms with Crippen LogP contribution in [-0.2, 0) is 4.79 Å². The molecular weight excluding hydrogens is 136 g/mol. The Bertz CT molecular complexity index is 211. The summed E-state index contributed by atoms with van der Waals surface area (Å²) in [6.45, 7) is 8.43. The van der Waals surface area contributed by atoms with Crippen LogP contribution in [0.3, 0.4) is 0 Å². The van der Waals surface area contributed by atoms with Gasteiger partial charge in [0.05, 0.1) is 0 Å². The SMILES string of the molecule is CCC1C(=O)C=C(C)C1(C)C. The van der Waals surface area contributed by atoms with E-state index in [9.17, 15) is 4.79 Å². The van der Waals surface area contributed by atoms with Crippen molar-refractivity contribution in [3.05, 3.63) is 11.6 Å². The number of rotatable bonds is 1. The summed E-state index contributed by atoms with van der Waals surface area (Å²) in [6.07, 6.45) is 2.76. The largest absolute Gasteiger partial charge is 0.295 e. The van der Waals surface area contributed by atoms with E-state index in [2.05, 4.69) is 20.8 Å². The van der Waals surface area contributed by atoms with E-state index in [0.717, 1.165) is 6.42 Å². The summed E-state index contributed by atoms with van der Waals surface area (Å²) < 4.78 is 0. The summed E-state index contributed by atoms with van der Waals surface area (Å²) >= 11 is 0. The Hall–Kier alpha value is -0.590. The molecule has 0 aliphatic heterocycles. The van der Waals surface area contributed by atoms with Crippen LogP contribution in [0, 0.1) is 11.3 Å². The van der Waals surface area contributed by atoms with E-state index in [4.69, 9.17) is 0 Å². The Morgan fingerprint density at radius 2 is 2.09 bits per heavy atom. The molecule has 1 aliphatic carbocycles. The molecule has 1 rings (SSSR count). The highest BCUT2D eigenvalue weighted by atomic mass is 16.1. The smallest absolute Gasteiger partial charge is 0.159 e. The van der Waals surface area contributed by atoms with Gasteiger partial charge in [-0.2, -0.15) is 0 Å². The number of carbonyl (C=O) groups excluding carboxylic acids is 1. The Labute approximate surface area is 68.5 Å². The summed E-state index contributed by atoms with van der Waals surface area (Å²) in [5.74, 6) is 0.539. The molecule has 11 heavy (non-hydrogen) atoms. The standard InChI is InChI=1S/C10H16O/c1-5-8-9(11)6-7(2)10(8,3)4/h6,8H,5H2,1-4H3. The molecule has 0 aromatic carbocycles. The minimum atomic E-state index is 0.103. The number of hydrogen-bond donors (Lipinski definition) is 0. The van der Waals surface area contributed by atoms with Gasteiger partial charge in [-0.15, -0.1) is 0 Å². The van der Waals surface area contributed by atoms with Crippen LogP contribution in [0.1, 0.15) is 34.1 Å². The topological polar surface area (TPSA) is 17.1 Å². The van der Waals surface area contributed by atoms with Gasteiger partial charge in [-0.3, -0.25) is 4.79 Å². The average Bonchev–Trinajstić information content (AvgIpc) is 2.04. The molecule has 1 nitrogen and oxygen atoms in total. The molecule has 0 saturated heterocycles. The molecule has 1 atom stereocenters. The highest BCUT2D eigenvalue weighted by Crippen LogP contribution is 2.42. The van der Waals surface area contributed by atoms with Crippen molar-refractivity contribution in [2.75, 3.05) is 0 Å². The van der Waals surface area contributed by atoms with Crippen LogP contribution < -0.4 is 0 Å². The van der Waals surface area contributed by atoms with Gasteiger partial charge < -0.3 is 0 Å². The number of carbonyl (C=O) groups is 1. The molecule has 0 amide bonds. The molecular formula is C10H16O. The lowest BCUT2D eigenvalue weighted by Gasteiger charge is -2.27. The quantitative estimate of drug-likeness (QED) is 0.564. The van der Waals surface area contributed by atoms with Gasteiger partial charge >= 0.3 is 0 Å². The maximum absolute atomic E-state index is 11.4. The predicted octanol–water partition coefficient (Wildman–Crippen LogP) is 2.57. The maximum Gasteiger partial charge on any atom is 0.159 e. The van der Waals surface area contributed by atoms with E-state index >= 15 is 0 Å². The third-order valence-electron chi connectivity index (χ3n) is 3.00. The maximum atomic E-state index is 11.4. The molecule has 0 spiro atoms. The van der Waals surface area contributed by atoms with E-state index in [-0.39, 0.29) is 11.3 Å². The second-order valence-corrected chi connectivity index (χ2v) is 3.91. The van der Waals surface area contributed by atoms with Crippen LogP contribution >= 0.6 is 0 Å².